The van der Waals surface area contributed by atoms with E-state index in [9.17, 15) is 14.9 Å². The van der Waals surface area contributed by atoms with Crippen molar-refractivity contribution in [3.63, 3.8) is 0 Å². The number of aromatic nitrogens is 2. The largest absolute Gasteiger partial charge is 0.493 e. The second-order valence-corrected chi connectivity index (χ2v) is 6.76. The van der Waals surface area contributed by atoms with Gasteiger partial charge in [0, 0.05) is 5.56 Å². The molecular formula is C20H21N3O5S. The lowest BCUT2D eigenvalue weighted by molar-refractivity contribution is -0.158. The Hall–Kier alpha value is -3.38. The van der Waals surface area contributed by atoms with Crippen molar-refractivity contribution in [2.45, 2.75) is 26.4 Å². The second kappa shape index (κ2) is 9.21. The number of hydrogen-bond acceptors (Lipinski definition) is 7. The third kappa shape index (κ3) is 5.12. The number of hydrogen-bond donors (Lipinski definition) is 2. The Labute approximate surface area is 172 Å². The van der Waals surface area contributed by atoms with Gasteiger partial charge in [-0.2, -0.15) is 5.26 Å². The molecule has 1 aromatic heterocycles. The van der Waals surface area contributed by atoms with E-state index in [-0.39, 0.29) is 22.6 Å². The Bertz CT molecular complexity index is 1090. The van der Waals surface area contributed by atoms with Crippen LogP contribution in [0.3, 0.4) is 0 Å². The smallest absolute Gasteiger partial charge is 0.349 e. The zero-order valence-electron chi connectivity index (χ0n) is 16.5. The molecule has 0 unspecified atom stereocenters. The average molecular weight is 415 g/mol. The van der Waals surface area contributed by atoms with Gasteiger partial charge in [0.05, 0.1) is 19.4 Å². The lowest BCUT2D eigenvalue weighted by Crippen LogP contribution is -2.40. The third-order valence-corrected chi connectivity index (χ3v) is 4.07. The number of benzene rings is 1. The summed E-state index contributed by atoms with van der Waals surface area (Å²) >= 11 is 4.97. The summed E-state index contributed by atoms with van der Waals surface area (Å²) in [6.07, 6.45) is 3.16. The van der Waals surface area contributed by atoms with Gasteiger partial charge in [-0.3, -0.25) is 9.78 Å². The molecule has 0 spiro atoms. The molecule has 2 aromatic rings. The summed E-state index contributed by atoms with van der Waals surface area (Å²) in [7, 11) is 1.48. The quantitative estimate of drug-likeness (QED) is 0.527. The summed E-state index contributed by atoms with van der Waals surface area (Å²) in [5.74, 6) is 0.196. The maximum absolute atomic E-state index is 12.2. The number of aromatic amines is 2. The number of rotatable bonds is 7. The van der Waals surface area contributed by atoms with Gasteiger partial charge >= 0.3 is 5.97 Å². The van der Waals surface area contributed by atoms with E-state index in [4.69, 9.17) is 26.4 Å². The fourth-order valence-electron chi connectivity index (χ4n) is 2.45. The Kier molecular flexibility index (Phi) is 6.96. The van der Waals surface area contributed by atoms with Crippen molar-refractivity contribution < 1.29 is 19.0 Å². The third-order valence-electron chi connectivity index (χ3n) is 3.87. The Balaban J connectivity index is 2.52. The van der Waals surface area contributed by atoms with Crippen LogP contribution in [-0.2, 0) is 9.53 Å². The number of esters is 1. The molecule has 9 heteroatoms. The minimum Gasteiger partial charge on any atom is -0.493 e. The number of para-hydroxylation sites is 1. The zero-order chi connectivity index (χ0) is 21.6. The molecule has 0 aliphatic rings. The van der Waals surface area contributed by atoms with Gasteiger partial charge < -0.3 is 19.2 Å². The second-order valence-electron chi connectivity index (χ2n) is 6.35. The first-order valence-corrected chi connectivity index (χ1v) is 9.12. The summed E-state index contributed by atoms with van der Waals surface area (Å²) in [6, 6.07) is 7.02. The molecule has 152 valence electrons. The van der Waals surface area contributed by atoms with Crippen LogP contribution in [0.2, 0.25) is 0 Å². The molecule has 0 aliphatic heterocycles. The van der Waals surface area contributed by atoms with Gasteiger partial charge in [-0.1, -0.05) is 12.1 Å². The van der Waals surface area contributed by atoms with Gasteiger partial charge in [-0.05, 0) is 51.2 Å². The summed E-state index contributed by atoms with van der Waals surface area (Å²) < 4.78 is 16.5. The van der Waals surface area contributed by atoms with Crippen LogP contribution in [0.1, 0.15) is 37.6 Å². The SMILES string of the molecule is CCOC(=O)C(C)(C)Oc1c(/C=C/c2[nH]c(=S)[nH]c(=O)c2C#N)cccc1OC. The first-order chi connectivity index (χ1) is 13.7. The maximum Gasteiger partial charge on any atom is 0.349 e. The van der Waals surface area contributed by atoms with Gasteiger partial charge in [0.1, 0.15) is 11.6 Å². The van der Waals surface area contributed by atoms with Crippen molar-refractivity contribution in [2.24, 2.45) is 0 Å². The number of methoxy groups -OCH3 is 1. The molecule has 2 N–H and O–H groups in total. The van der Waals surface area contributed by atoms with Gasteiger partial charge in [0.15, 0.2) is 21.9 Å². The monoisotopic (exact) mass is 415 g/mol. The van der Waals surface area contributed by atoms with Crippen molar-refractivity contribution >= 4 is 30.3 Å². The molecule has 0 fully saturated rings. The van der Waals surface area contributed by atoms with E-state index in [1.807, 2.05) is 6.07 Å². The molecule has 1 aromatic carbocycles. The number of carbonyl (C=O) groups is 1. The van der Waals surface area contributed by atoms with E-state index in [1.54, 1.807) is 45.0 Å². The molecule has 0 radical (unpaired) electrons. The van der Waals surface area contributed by atoms with Crippen LogP contribution in [0.25, 0.3) is 12.2 Å². The van der Waals surface area contributed by atoms with Gasteiger partial charge in [-0.15, -0.1) is 0 Å². The molecule has 2 rings (SSSR count). The van der Waals surface area contributed by atoms with E-state index in [0.717, 1.165) is 0 Å². The number of nitriles is 1. The fraction of sp³-hybridized carbons (Fsp3) is 0.300. The first kappa shape index (κ1) is 21.9. The maximum atomic E-state index is 12.2. The number of carbonyl (C=O) groups excluding carboxylic acids is 1. The highest BCUT2D eigenvalue weighted by Crippen LogP contribution is 2.35. The van der Waals surface area contributed by atoms with E-state index in [0.29, 0.717) is 17.1 Å². The predicted molar refractivity (Wildman–Crippen MR) is 110 cm³/mol. The summed E-state index contributed by atoms with van der Waals surface area (Å²) in [6.45, 7) is 5.12. The molecule has 0 atom stereocenters. The van der Waals surface area contributed by atoms with Gasteiger partial charge in [0.2, 0.25) is 0 Å². The number of ether oxygens (including phenoxy) is 3. The van der Waals surface area contributed by atoms with Crippen molar-refractivity contribution in [2.75, 3.05) is 13.7 Å². The Morgan fingerprint density at radius 2 is 2.03 bits per heavy atom. The molecule has 8 nitrogen and oxygen atoms in total. The highest BCUT2D eigenvalue weighted by atomic mass is 32.1. The van der Waals surface area contributed by atoms with Crippen molar-refractivity contribution in [1.29, 1.82) is 5.26 Å². The number of H-pyrrole nitrogens is 2. The Morgan fingerprint density at radius 1 is 1.31 bits per heavy atom. The average Bonchev–Trinajstić information content (AvgIpc) is 2.66. The molecule has 0 amide bonds. The topological polar surface area (TPSA) is 117 Å². The first-order valence-electron chi connectivity index (χ1n) is 8.71. The molecule has 0 saturated carbocycles. The van der Waals surface area contributed by atoms with Crippen molar-refractivity contribution in [1.82, 2.24) is 9.97 Å². The number of nitrogens with one attached hydrogen (secondary N) is 2. The van der Waals surface area contributed by atoms with Crippen LogP contribution < -0.4 is 15.0 Å². The molecule has 1 heterocycles. The van der Waals surface area contributed by atoms with Gasteiger partial charge in [-0.25, -0.2) is 4.79 Å². The lowest BCUT2D eigenvalue weighted by atomic mass is 10.1. The minimum atomic E-state index is -1.27. The summed E-state index contributed by atoms with van der Waals surface area (Å²) in [4.78, 5) is 29.3. The van der Waals surface area contributed by atoms with Crippen LogP contribution in [0.4, 0.5) is 0 Å². The molecule has 0 bridgehead atoms. The fourth-order valence-corrected chi connectivity index (χ4v) is 2.65. The van der Waals surface area contributed by atoms with Crippen LogP contribution in [0.5, 0.6) is 11.5 Å². The van der Waals surface area contributed by atoms with E-state index in [1.165, 1.54) is 13.2 Å². The molecular weight excluding hydrogens is 394 g/mol. The van der Waals surface area contributed by atoms with E-state index < -0.39 is 17.1 Å². The molecule has 0 aliphatic carbocycles. The molecule has 0 saturated heterocycles. The highest BCUT2D eigenvalue weighted by Gasteiger charge is 2.33. The number of nitrogens with zero attached hydrogens (tertiary/aromatic N) is 1. The van der Waals surface area contributed by atoms with Crippen LogP contribution in [0, 0.1) is 16.1 Å². The summed E-state index contributed by atoms with van der Waals surface area (Å²) in [5.41, 5.74) is -1.15. The van der Waals surface area contributed by atoms with Crippen LogP contribution in [0.15, 0.2) is 23.0 Å². The van der Waals surface area contributed by atoms with Crippen molar-refractivity contribution in [3.05, 3.63) is 50.1 Å². The Morgan fingerprint density at radius 3 is 2.66 bits per heavy atom. The lowest BCUT2D eigenvalue weighted by Gasteiger charge is -2.26. The van der Waals surface area contributed by atoms with Crippen LogP contribution in [-0.4, -0.2) is 35.3 Å². The highest BCUT2D eigenvalue weighted by molar-refractivity contribution is 7.71. The standard InChI is InChI=1S/C20H21N3O5S/c1-5-27-18(25)20(2,3)28-16-12(7-6-8-15(16)26-4)9-10-14-13(11-21)17(24)23-19(29)22-14/h6-10H,5H2,1-4H3,(H2,22,23,24,29)/b10-9+. The molecule has 29 heavy (non-hydrogen) atoms. The zero-order valence-corrected chi connectivity index (χ0v) is 17.3. The van der Waals surface area contributed by atoms with Gasteiger partial charge in [0.25, 0.3) is 5.56 Å². The van der Waals surface area contributed by atoms with E-state index in [2.05, 4.69) is 9.97 Å². The predicted octanol–water partition coefficient (Wildman–Crippen LogP) is 3.20. The summed E-state index contributed by atoms with van der Waals surface area (Å²) in [5, 5.41) is 9.23. The van der Waals surface area contributed by atoms with Crippen LogP contribution >= 0.6 is 12.2 Å². The van der Waals surface area contributed by atoms with E-state index >= 15 is 0 Å². The van der Waals surface area contributed by atoms with Crippen molar-refractivity contribution in [3.8, 4) is 17.6 Å². The normalized spacial score (nSPS) is 11.1. The minimum absolute atomic E-state index is 0.0965.